The van der Waals surface area contributed by atoms with E-state index in [0.29, 0.717) is 42.2 Å². The summed E-state index contributed by atoms with van der Waals surface area (Å²) in [6.07, 6.45) is -0.0432. The van der Waals surface area contributed by atoms with E-state index in [1.54, 1.807) is 7.11 Å². The average Bonchev–Trinajstić information content (AvgIpc) is 3.08. The van der Waals surface area contributed by atoms with E-state index in [1.165, 1.54) is 6.20 Å². The lowest BCUT2D eigenvalue weighted by Crippen LogP contribution is -2.16. The molecule has 2 heterocycles. The number of anilines is 1. The van der Waals surface area contributed by atoms with Crippen molar-refractivity contribution < 1.29 is 22.6 Å². The van der Waals surface area contributed by atoms with Crippen molar-refractivity contribution in [2.45, 2.75) is 57.3 Å². The molecule has 0 saturated heterocycles. The van der Waals surface area contributed by atoms with Gasteiger partial charge in [0.2, 0.25) is 0 Å². The molecule has 9 heteroatoms. The highest BCUT2D eigenvalue weighted by Gasteiger charge is 2.58. The number of pyridine rings is 1. The van der Waals surface area contributed by atoms with Crippen molar-refractivity contribution in [2.24, 2.45) is 11.8 Å². The molecule has 0 aliphatic heterocycles. The molecule has 6 nitrogen and oxygen atoms in total. The van der Waals surface area contributed by atoms with Gasteiger partial charge in [0.05, 0.1) is 30.6 Å². The standard InChI is InChI=1S/C22H29F3N4O2/c1-4-12(2)29-19(20-15-8-14(9-16(15)20)31-6-5-30-3)10-18(28-29)13-7-17(22(23,24)25)21(26)27-11-13/h7,10-12,14-16,20H,4-6,8-9H2,1-3H3,(H2,26,27). The van der Waals surface area contributed by atoms with Crippen LogP contribution in [0.4, 0.5) is 19.0 Å². The summed E-state index contributed by atoms with van der Waals surface area (Å²) < 4.78 is 52.8. The van der Waals surface area contributed by atoms with Gasteiger partial charge in [-0.05, 0) is 50.2 Å². The van der Waals surface area contributed by atoms with E-state index in [1.807, 2.05) is 10.7 Å². The van der Waals surface area contributed by atoms with E-state index in [0.717, 1.165) is 31.0 Å². The Morgan fingerprint density at radius 3 is 2.55 bits per heavy atom. The van der Waals surface area contributed by atoms with Crippen molar-refractivity contribution in [3.05, 3.63) is 29.6 Å². The fourth-order valence-electron chi connectivity index (χ4n) is 4.83. The quantitative estimate of drug-likeness (QED) is 0.606. The maximum absolute atomic E-state index is 13.3. The number of hydrogen-bond donors (Lipinski definition) is 1. The Morgan fingerprint density at radius 2 is 1.94 bits per heavy atom. The molecule has 3 unspecified atom stereocenters. The van der Waals surface area contributed by atoms with Crippen LogP contribution in [-0.2, 0) is 15.7 Å². The zero-order valence-electron chi connectivity index (χ0n) is 18.0. The Labute approximate surface area is 179 Å². The molecule has 31 heavy (non-hydrogen) atoms. The zero-order valence-corrected chi connectivity index (χ0v) is 18.0. The fourth-order valence-corrected chi connectivity index (χ4v) is 4.83. The van der Waals surface area contributed by atoms with Gasteiger partial charge in [-0.1, -0.05) is 6.92 Å². The van der Waals surface area contributed by atoms with E-state index in [-0.39, 0.29) is 12.1 Å². The van der Waals surface area contributed by atoms with E-state index in [9.17, 15) is 13.2 Å². The molecule has 2 fully saturated rings. The summed E-state index contributed by atoms with van der Waals surface area (Å²) in [6, 6.07) is 3.13. The van der Waals surface area contributed by atoms with E-state index in [2.05, 4.69) is 18.8 Å². The van der Waals surface area contributed by atoms with Crippen LogP contribution < -0.4 is 5.73 Å². The van der Waals surface area contributed by atoms with Gasteiger partial charge in [-0.3, -0.25) is 4.68 Å². The topological polar surface area (TPSA) is 75.2 Å². The second-order valence-corrected chi connectivity index (χ2v) is 8.62. The lowest BCUT2D eigenvalue weighted by molar-refractivity contribution is -0.137. The fraction of sp³-hybridized carbons (Fsp3) is 0.636. The first-order valence-electron chi connectivity index (χ1n) is 10.8. The Hall–Kier alpha value is -2.13. The molecule has 3 atom stereocenters. The van der Waals surface area contributed by atoms with Crippen LogP contribution in [0.25, 0.3) is 11.3 Å². The second-order valence-electron chi connectivity index (χ2n) is 8.62. The highest BCUT2D eigenvalue weighted by atomic mass is 19.4. The third-order valence-corrected chi connectivity index (χ3v) is 6.68. The first kappa shape index (κ1) is 22.1. The largest absolute Gasteiger partial charge is 0.419 e. The lowest BCUT2D eigenvalue weighted by atomic mass is 10.0. The molecule has 0 aromatic carbocycles. The molecular formula is C22H29F3N4O2. The number of halogens is 3. The smallest absolute Gasteiger partial charge is 0.383 e. The Kier molecular flexibility index (Phi) is 6.00. The van der Waals surface area contributed by atoms with Gasteiger partial charge in [0.1, 0.15) is 5.82 Å². The number of nitrogen functional groups attached to an aromatic ring is 1. The van der Waals surface area contributed by atoms with Crippen molar-refractivity contribution in [2.75, 3.05) is 26.1 Å². The molecule has 2 saturated carbocycles. The molecule has 0 spiro atoms. The van der Waals surface area contributed by atoms with Crippen LogP contribution in [0.1, 0.15) is 56.3 Å². The third kappa shape index (κ3) is 4.30. The highest BCUT2D eigenvalue weighted by Crippen LogP contribution is 2.64. The summed E-state index contributed by atoms with van der Waals surface area (Å²) in [4.78, 5) is 3.77. The molecule has 2 aromatic heterocycles. The third-order valence-electron chi connectivity index (χ3n) is 6.68. The van der Waals surface area contributed by atoms with Crippen LogP contribution in [0.5, 0.6) is 0 Å². The highest BCUT2D eigenvalue weighted by molar-refractivity contribution is 5.63. The van der Waals surface area contributed by atoms with Gasteiger partial charge in [-0.25, -0.2) is 4.98 Å². The van der Waals surface area contributed by atoms with Gasteiger partial charge in [0.25, 0.3) is 0 Å². The van der Waals surface area contributed by atoms with Gasteiger partial charge in [0.15, 0.2) is 0 Å². The summed E-state index contributed by atoms with van der Waals surface area (Å²) in [5, 5.41) is 4.69. The van der Waals surface area contributed by atoms with Crippen molar-refractivity contribution in [1.82, 2.24) is 14.8 Å². The van der Waals surface area contributed by atoms with Gasteiger partial charge in [-0.15, -0.1) is 0 Å². The summed E-state index contributed by atoms with van der Waals surface area (Å²) in [6.45, 7) is 5.36. The maximum Gasteiger partial charge on any atom is 0.419 e. The van der Waals surface area contributed by atoms with Crippen LogP contribution in [0.2, 0.25) is 0 Å². The number of alkyl halides is 3. The number of rotatable bonds is 8. The van der Waals surface area contributed by atoms with Crippen LogP contribution in [0.15, 0.2) is 18.3 Å². The summed E-state index contributed by atoms with van der Waals surface area (Å²) in [5.74, 6) is 0.931. The lowest BCUT2D eigenvalue weighted by Gasteiger charge is -2.18. The van der Waals surface area contributed by atoms with E-state index >= 15 is 0 Å². The number of nitrogens with two attached hydrogens (primary N) is 1. The number of hydrogen-bond acceptors (Lipinski definition) is 5. The van der Waals surface area contributed by atoms with Crippen molar-refractivity contribution in [3.8, 4) is 11.3 Å². The van der Waals surface area contributed by atoms with E-state index in [4.69, 9.17) is 20.3 Å². The molecule has 0 radical (unpaired) electrons. The second kappa shape index (κ2) is 8.43. The summed E-state index contributed by atoms with van der Waals surface area (Å²) in [5.41, 5.74) is 6.47. The predicted octanol–water partition coefficient (Wildman–Crippen LogP) is 4.67. The summed E-state index contributed by atoms with van der Waals surface area (Å²) in [7, 11) is 1.66. The van der Waals surface area contributed by atoms with Gasteiger partial charge in [-0.2, -0.15) is 18.3 Å². The molecule has 170 valence electrons. The first-order chi connectivity index (χ1) is 14.7. The van der Waals surface area contributed by atoms with Crippen LogP contribution in [-0.4, -0.2) is 41.2 Å². The minimum Gasteiger partial charge on any atom is -0.383 e. The van der Waals surface area contributed by atoms with Crippen molar-refractivity contribution >= 4 is 5.82 Å². The van der Waals surface area contributed by atoms with Gasteiger partial charge >= 0.3 is 6.18 Å². The zero-order chi connectivity index (χ0) is 22.3. The number of nitrogens with zero attached hydrogens (tertiary/aromatic N) is 3. The van der Waals surface area contributed by atoms with Crippen LogP contribution in [0.3, 0.4) is 0 Å². The number of aromatic nitrogens is 3. The van der Waals surface area contributed by atoms with Crippen molar-refractivity contribution in [1.29, 1.82) is 0 Å². The molecular weight excluding hydrogens is 409 g/mol. The monoisotopic (exact) mass is 438 g/mol. The number of fused-ring (bicyclic) bond motifs is 1. The minimum atomic E-state index is -4.56. The molecule has 2 N–H and O–H groups in total. The first-order valence-corrected chi connectivity index (χ1v) is 10.8. The molecule has 4 rings (SSSR count). The van der Waals surface area contributed by atoms with Crippen molar-refractivity contribution in [3.63, 3.8) is 0 Å². The molecule has 0 amide bonds. The Bertz CT molecular complexity index is 918. The number of methoxy groups -OCH3 is 1. The van der Waals surface area contributed by atoms with Crippen LogP contribution in [0, 0.1) is 11.8 Å². The normalized spacial score (nSPS) is 26.1. The summed E-state index contributed by atoms with van der Waals surface area (Å²) >= 11 is 0. The van der Waals surface area contributed by atoms with E-state index < -0.39 is 17.6 Å². The SMILES string of the molecule is CCC(C)n1nc(-c2cnc(N)c(C(F)(F)F)c2)cc1C1C2CC(OCCOC)CC21. The predicted molar refractivity (Wildman–Crippen MR) is 110 cm³/mol. The Morgan fingerprint density at radius 1 is 1.23 bits per heavy atom. The maximum atomic E-state index is 13.3. The Balaban J connectivity index is 1.58. The van der Waals surface area contributed by atoms with Gasteiger partial charge < -0.3 is 15.2 Å². The molecule has 2 aromatic rings. The minimum absolute atomic E-state index is 0.155. The van der Waals surface area contributed by atoms with Crippen LogP contribution >= 0.6 is 0 Å². The number of ether oxygens (including phenoxy) is 2. The van der Waals surface area contributed by atoms with Gasteiger partial charge in [0, 0.05) is 36.5 Å². The average molecular weight is 438 g/mol. The molecule has 0 bridgehead atoms. The molecule has 2 aliphatic carbocycles. The molecule has 2 aliphatic rings.